The Morgan fingerprint density at radius 2 is 1.50 bits per heavy atom. The highest BCUT2D eigenvalue weighted by molar-refractivity contribution is 5.85. The van der Waals surface area contributed by atoms with Crippen LogP contribution in [0.5, 0.6) is 17.2 Å². The first kappa shape index (κ1) is 20.4. The summed E-state index contributed by atoms with van der Waals surface area (Å²) in [4.78, 5) is 4.68. The summed E-state index contributed by atoms with van der Waals surface area (Å²) in [5, 5.41) is 8.33. The van der Waals surface area contributed by atoms with Crippen LogP contribution in [0.1, 0.15) is 34.7 Å². The summed E-state index contributed by atoms with van der Waals surface area (Å²) in [6.07, 6.45) is -0.416. The van der Waals surface area contributed by atoms with Crippen molar-refractivity contribution >= 4 is 11.6 Å². The Morgan fingerprint density at radius 1 is 0.853 bits per heavy atom. The van der Waals surface area contributed by atoms with Gasteiger partial charge in [0.2, 0.25) is 5.95 Å². The van der Waals surface area contributed by atoms with Crippen LogP contribution in [0, 0.1) is 6.92 Å². The third-order valence-electron chi connectivity index (χ3n) is 6.34. The van der Waals surface area contributed by atoms with Crippen molar-refractivity contribution in [3.8, 4) is 17.2 Å². The van der Waals surface area contributed by atoms with E-state index in [1.54, 1.807) is 14.2 Å². The average Bonchev–Trinajstić information content (AvgIpc) is 3.26. The highest BCUT2D eigenvalue weighted by Gasteiger charge is 2.42. The van der Waals surface area contributed by atoms with Crippen LogP contribution in [-0.2, 0) is 0 Å². The van der Waals surface area contributed by atoms with E-state index in [4.69, 9.17) is 19.3 Å². The zero-order valence-electron chi connectivity index (χ0n) is 19.1. The summed E-state index contributed by atoms with van der Waals surface area (Å²) >= 11 is 0. The highest BCUT2D eigenvalue weighted by Crippen LogP contribution is 2.52. The number of aromatic nitrogens is 3. The molecular formula is C27H24N4O3. The van der Waals surface area contributed by atoms with Crippen molar-refractivity contribution in [1.82, 2.24) is 14.8 Å². The first-order chi connectivity index (χ1) is 16.7. The fourth-order valence-corrected chi connectivity index (χ4v) is 4.92. The molecule has 1 N–H and O–H groups in total. The molecule has 4 aromatic rings. The lowest BCUT2D eigenvalue weighted by Crippen LogP contribution is -2.32. The molecule has 1 aromatic heterocycles. The number of nitrogens with zero attached hydrogens (tertiary/aromatic N) is 3. The monoisotopic (exact) mass is 452 g/mol. The Morgan fingerprint density at radius 3 is 2.26 bits per heavy atom. The summed E-state index contributed by atoms with van der Waals surface area (Å²) in [6, 6.07) is 23.7. The molecule has 0 spiro atoms. The van der Waals surface area contributed by atoms with Gasteiger partial charge in [-0.05, 0) is 31.2 Å². The molecule has 0 amide bonds. The number of hydrogen-bond acceptors (Lipinski definition) is 6. The van der Waals surface area contributed by atoms with Crippen LogP contribution < -0.4 is 19.5 Å². The van der Waals surface area contributed by atoms with Crippen molar-refractivity contribution in [2.75, 3.05) is 19.5 Å². The van der Waals surface area contributed by atoms with Gasteiger partial charge in [0.1, 0.15) is 29.1 Å². The number of methoxy groups -OCH3 is 2. The molecule has 0 unspecified atom stereocenters. The van der Waals surface area contributed by atoms with E-state index in [2.05, 4.69) is 22.4 Å². The van der Waals surface area contributed by atoms with E-state index >= 15 is 0 Å². The standard InChI is InChI=1S/C27H24N4O3/c1-16-28-27-29-24-17-10-4-9-15-22(17)34-26(19-12-6-8-14-21(19)33-3)23(24)25(31(27)30-16)18-11-5-7-13-20(18)32-2/h4-15,25-26H,1-3H3,(H,28,29,30)/t25-,26+/m0/s1. The highest BCUT2D eigenvalue weighted by atomic mass is 16.5. The molecule has 0 saturated carbocycles. The normalized spacial score (nSPS) is 18.2. The zero-order chi connectivity index (χ0) is 23.2. The van der Waals surface area contributed by atoms with Crippen molar-refractivity contribution in [3.63, 3.8) is 0 Å². The van der Waals surface area contributed by atoms with E-state index < -0.39 is 6.10 Å². The molecule has 2 aliphatic rings. The van der Waals surface area contributed by atoms with Crippen LogP contribution in [0.25, 0.3) is 5.70 Å². The van der Waals surface area contributed by atoms with Gasteiger partial charge in [0, 0.05) is 22.3 Å². The molecule has 7 nitrogen and oxygen atoms in total. The zero-order valence-corrected chi connectivity index (χ0v) is 19.1. The average molecular weight is 453 g/mol. The van der Waals surface area contributed by atoms with E-state index in [-0.39, 0.29) is 6.04 Å². The Hall–Kier alpha value is -4.26. The van der Waals surface area contributed by atoms with E-state index in [9.17, 15) is 0 Å². The van der Waals surface area contributed by atoms with Gasteiger partial charge in [-0.25, -0.2) is 4.68 Å². The number of hydrogen-bond donors (Lipinski definition) is 1. The van der Waals surface area contributed by atoms with E-state index in [0.717, 1.165) is 45.2 Å². The van der Waals surface area contributed by atoms with Gasteiger partial charge in [-0.1, -0.05) is 48.5 Å². The number of fused-ring (bicyclic) bond motifs is 3. The Bertz CT molecular complexity index is 1420. The molecule has 3 heterocycles. The van der Waals surface area contributed by atoms with Crippen LogP contribution >= 0.6 is 0 Å². The molecule has 0 saturated heterocycles. The smallest absolute Gasteiger partial charge is 0.226 e. The molecule has 2 atom stereocenters. The van der Waals surface area contributed by atoms with E-state index in [0.29, 0.717) is 11.8 Å². The van der Waals surface area contributed by atoms with Crippen molar-refractivity contribution in [2.24, 2.45) is 0 Å². The lowest BCUT2D eigenvalue weighted by Gasteiger charge is -2.39. The van der Waals surface area contributed by atoms with Crippen LogP contribution in [0.3, 0.4) is 0 Å². The summed E-state index contributed by atoms with van der Waals surface area (Å²) < 4.78 is 20.1. The van der Waals surface area contributed by atoms with Gasteiger partial charge in [0.25, 0.3) is 0 Å². The molecule has 2 aliphatic heterocycles. The van der Waals surface area contributed by atoms with E-state index in [1.165, 1.54) is 0 Å². The Kier molecular flexibility index (Phi) is 4.76. The second-order valence-corrected chi connectivity index (χ2v) is 8.26. The molecule has 6 rings (SSSR count). The number of benzene rings is 3. The van der Waals surface area contributed by atoms with Gasteiger partial charge in [-0.3, -0.25) is 0 Å². The minimum atomic E-state index is -0.416. The van der Waals surface area contributed by atoms with Crippen molar-refractivity contribution in [1.29, 1.82) is 0 Å². The molecule has 0 fully saturated rings. The molecule has 3 aromatic carbocycles. The molecular weight excluding hydrogens is 428 g/mol. The summed E-state index contributed by atoms with van der Waals surface area (Å²) in [6.45, 7) is 1.90. The van der Waals surface area contributed by atoms with Crippen molar-refractivity contribution < 1.29 is 14.2 Å². The van der Waals surface area contributed by atoms with Gasteiger partial charge < -0.3 is 19.5 Å². The molecule has 34 heavy (non-hydrogen) atoms. The summed E-state index contributed by atoms with van der Waals surface area (Å²) in [5.41, 5.74) is 4.89. The van der Waals surface area contributed by atoms with Crippen molar-refractivity contribution in [2.45, 2.75) is 19.1 Å². The first-order valence-corrected chi connectivity index (χ1v) is 11.2. The number of rotatable bonds is 4. The second-order valence-electron chi connectivity index (χ2n) is 8.26. The van der Waals surface area contributed by atoms with Crippen LogP contribution in [0.15, 0.2) is 78.4 Å². The predicted octanol–water partition coefficient (Wildman–Crippen LogP) is 5.16. The second kappa shape index (κ2) is 7.95. The molecule has 0 bridgehead atoms. The Labute approximate surface area is 197 Å². The summed E-state index contributed by atoms with van der Waals surface area (Å²) in [7, 11) is 3.37. The molecule has 7 heteroatoms. The lowest BCUT2D eigenvalue weighted by molar-refractivity contribution is 0.217. The molecule has 0 radical (unpaired) electrons. The van der Waals surface area contributed by atoms with Gasteiger partial charge >= 0.3 is 0 Å². The topological polar surface area (TPSA) is 70.4 Å². The molecule has 170 valence electrons. The predicted molar refractivity (Wildman–Crippen MR) is 129 cm³/mol. The van der Waals surface area contributed by atoms with Crippen LogP contribution in [0.4, 0.5) is 5.95 Å². The quantitative estimate of drug-likeness (QED) is 0.461. The third kappa shape index (κ3) is 3.04. The number of ether oxygens (including phenoxy) is 3. The maximum Gasteiger partial charge on any atom is 0.226 e. The minimum Gasteiger partial charge on any atom is -0.496 e. The SMILES string of the molecule is COc1ccccc1[C@H]1C2=C(Nc3nc(C)nn31)c1ccccc1O[C@@H]2c1ccccc1OC. The minimum absolute atomic E-state index is 0.299. The fraction of sp³-hybridized carbons (Fsp3) is 0.185. The van der Waals surface area contributed by atoms with Crippen LogP contribution in [0.2, 0.25) is 0 Å². The molecule has 0 aliphatic carbocycles. The fourth-order valence-electron chi connectivity index (χ4n) is 4.92. The van der Waals surface area contributed by atoms with Gasteiger partial charge in [-0.2, -0.15) is 10.1 Å². The van der Waals surface area contributed by atoms with Gasteiger partial charge in [0.15, 0.2) is 6.10 Å². The Balaban J connectivity index is 1.67. The lowest BCUT2D eigenvalue weighted by atomic mass is 9.84. The summed E-state index contributed by atoms with van der Waals surface area (Å²) in [5.74, 6) is 3.71. The maximum atomic E-state index is 6.70. The van der Waals surface area contributed by atoms with Gasteiger partial charge in [0.05, 0.1) is 19.9 Å². The largest absolute Gasteiger partial charge is 0.496 e. The maximum absolute atomic E-state index is 6.70. The first-order valence-electron chi connectivity index (χ1n) is 11.2. The number of nitrogens with one attached hydrogen (secondary N) is 1. The van der Waals surface area contributed by atoms with E-state index in [1.807, 2.05) is 72.3 Å². The third-order valence-corrected chi connectivity index (χ3v) is 6.34. The number of aryl methyl sites for hydroxylation is 1. The number of anilines is 1. The number of para-hydroxylation sites is 3. The van der Waals surface area contributed by atoms with Crippen molar-refractivity contribution in [3.05, 3.63) is 101 Å². The van der Waals surface area contributed by atoms with Gasteiger partial charge in [-0.15, -0.1) is 0 Å². The van der Waals surface area contributed by atoms with Crippen LogP contribution in [-0.4, -0.2) is 29.0 Å².